The minimum atomic E-state index is 0.116. The maximum Gasteiger partial charge on any atom is 0.226 e. The number of hydrogen-bond donors (Lipinski definition) is 0. The van der Waals surface area contributed by atoms with Gasteiger partial charge >= 0.3 is 0 Å². The second-order valence-electron chi connectivity index (χ2n) is 6.30. The van der Waals surface area contributed by atoms with Gasteiger partial charge in [-0.15, -0.1) is 11.3 Å². The number of piperidine rings is 1. The van der Waals surface area contributed by atoms with Crippen LogP contribution in [0.25, 0.3) is 0 Å². The van der Waals surface area contributed by atoms with E-state index in [2.05, 4.69) is 11.9 Å². The molecule has 0 radical (unpaired) electrons. The molecule has 0 unspecified atom stereocenters. The lowest BCUT2D eigenvalue weighted by atomic mass is 9.81. The number of aromatic nitrogens is 1. The zero-order chi connectivity index (χ0) is 16.3. The standard InChI is InChI=1S/C18H22N2O2S/c1-18(17-19-9-12-23-17)7-10-20(11-8-18)16(21)13-14-3-5-15(22-2)6-4-14/h3-6,9,12H,7-8,10-11,13H2,1-2H3. The molecule has 3 rings (SSSR count). The Morgan fingerprint density at radius 3 is 2.57 bits per heavy atom. The highest BCUT2D eigenvalue weighted by Crippen LogP contribution is 2.36. The number of carbonyl (C=O) groups excluding carboxylic acids is 1. The molecule has 2 heterocycles. The number of methoxy groups -OCH3 is 1. The van der Waals surface area contributed by atoms with E-state index in [1.54, 1.807) is 18.4 Å². The molecule has 1 aliphatic heterocycles. The molecule has 4 nitrogen and oxygen atoms in total. The topological polar surface area (TPSA) is 42.4 Å². The Balaban J connectivity index is 1.57. The number of thiazole rings is 1. The molecule has 0 spiro atoms. The lowest BCUT2D eigenvalue weighted by Crippen LogP contribution is -2.44. The summed E-state index contributed by atoms with van der Waals surface area (Å²) in [5.41, 5.74) is 1.15. The monoisotopic (exact) mass is 330 g/mol. The number of ether oxygens (including phenoxy) is 1. The quantitative estimate of drug-likeness (QED) is 0.864. The number of amides is 1. The Labute approximate surface area is 141 Å². The first-order valence-corrected chi connectivity index (χ1v) is 8.79. The van der Waals surface area contributed by atoms with Crippen LogP contribution in [-0.2, 0) is 16.6 Å². The number of hydrogen-bond acceptors (Lipinski definition) is 4. The predicted octanol–water partition coefficient (Wildman–Crippen LogP) is 3.27. The Morgan fingerprint density at radius 2 is 2.00 bits per heavy atom. The van der Waals surface area contributed by atoms with Gasteiger partial charge in [0.25, 0.3) is 0 Å². The van der Waals surface area contributed by atoms with Gasteiger partial charge < -0.3 is 9.64 Å². The molecule has 2 aromatic rings. The summed E-state index contributed by atoms with van der Waals surface area (Å²) in [6.45, 7) is 3.88. The van der Waals surface area contributed by atoms with E-state index in [9.17, 15) is 4.79 Å². The van der Waals surface area contributed by atoms with Crippen molar-refractivity contribution < 1.29 is 9.53 Å². The molecule has 0 bridgehead atoms. The van der Waals surface area contributed by atoms with Crippen LogP contribution in [0.3, 0.4) is 0 Å². The van der Waals surface area contributed by atoms with E-state index in [0.717, 1.165) is 37.2 Å². The first-order valence-electron chi connectivity index (χ1n) is 7.91. The highest BCUT2D eigenvalue weighted by Gasteiger charge is 2.35. The number of benzene rings is 1. The fraction of sp³-hybridized carbons (Fsp3) is 0.444. The van der Waals surface area contributed by atoms with Gasteiger partial charge in [-0.3, -0.25) is 4.79 Å². The maximum atomic E-state index is 12.5. The van der Waals surface area contributed by atoms with Crippen molar-refractivity contribution in [1.82, 2.24) is 9.88 Å². The first kappa shape index (κ1) is 16.0. The predicted molar refractivity (Wildman–Crippen MR) is 92.0 cm³/mol. The second kappa shape index (κ2) is 6.71. The molecule has 23 heavy (non-hydrogen) atoms. The van der Waals surface area contributed by atoms with Crippen molar-refractivity contribution in [2.45, 2.75) is 31.6 Å². The van der Waals surface area contributed by atoms with Crippen molar-refractivity contribution in [3.05, 3.63) is 46.4 Å². The van der Waals surface area contributed by atoms with Crippen LogP contribution in [0.15, 0.2) is 35.8 Å². The summed E-state index contributed by atoms with van der Waals surface area (Å²) >= 11 is 1.72. The zero-order valence-corrected chi connectivity index (χ0v) is 14.4. The van der Waals surface area contributed by atoms with Crippen molar-refractivity contribution in [2.24, 2.45) is 0 Å². The Kier molecular flexibility index (Phi) is 4.66. The van der Waals surface area contributed by atoms with E-state index in [0.29, 0.717) is 6.42 Å². The van der Waals surface area contributed by atoms with Crippen LogP contribution in [0.1, 0.15) is 30.3 Å². The smallest absolute Gasteiger partial charge is 0.226 e. The molecule has 1 aliphatic rings. The highest BCUT2D eigenvalue weighted by atomic mass is 32.1. The molecule has 0 N–H and O–H groups in total. The molecule has 1 amide bonds. The minimum absolute atomic E-state index is 0.116. The van der Waals surface area contributed by atoms with Crippen LogP contribution in [0.2, 0.25) is 0 Å². The van der Waals surface area contributed by atoms with Gasteiger partial charge in [-0.1, -0.05) is 19.1 Å². The van der Waals surface area contributed by atoms with Gasteiger partial charge in [0, 0.05) is 30.1 Å². The number of carbonyl (C=O) groups is 1. The van der Waals surface area contributed by atoms with Gasteiger partial charge in [-0.25, -0.2) is 4.98 Å². The van der Waals surface area contributed by atoms with E-state index in [1.165, 1.54) is 5.01 Å². The van der Waals surface area contributed by atoms with E-state index >= 15 is 0 Å². The molecule has 1 fully saturated rings. The van der Waals surface area contributed by atoms with E-state index in [1.807, 2.05) is 40.7 Å². The van der Waals surface area contributed by atoms with Gasteiger partial charge in [0.05, 0.1) is 18.5 Å². The molecule has 0 saturated carbocycles. The summed E-state index contributed by atoms with van der Waals surface area (Å²) in [5.74, 6) is 1.02. The number of nitrogens with zero attached hydrogens (tertiary/aromatic N) is 2. The van der Waals surface area contributed by atoms with Gasteiger partial charge in [0.1, 0.15) is 5.75 Å². The van der Waals surface area contributed by atoms with Crippen molar-refractivity contribution in [1.29, 1.82) is 0 Å². The fourth-order valence-corrected chi connectivity index (χ4v) is 3.88. The summed E-state index contributed by atoms with van der Waals surface area (Å²) in [6, 6.07) is 7.72. The third kappa shape index (κ3) is 3.55. The van der Waals surface area contributed by atoms with Gasteiger partial charge in [0.2, 0.25) is 5.91 Å². The largest absolute Gasteiger partial charge is 0.497 e. The van der Waals surface area contributed by atoms with Crippen molar-refractivity contribution >= 4 is 17.2 Å². The average Bonchev–Trinajstić information content (AvgIpc) is 3.11. The normalized spacial score (nSPS) is 17.0. The van der Waals surface area contributed by atoms with Crippen LogP contribution >= 0.6 is 11.3 Å². The number of likely N-dealkylation sites (tertiary alicyclic amines) is 1. The fourth-order valence-electron chi connectivity index (χ4n) is 3.01. The van der Waals surface area contributed by atoms with Crippen molar-refractivity contribution in [2.75, 3.05) is 20.2 Å². The molecule has 0 aliphatic carbocycles. The van der Waals surface area contributed by atoms with Crippen LogP contribution in [0.4, 0.5) is 0 Å². The summed E-state index contributed by atoms with van der Waals surface area (Å²) in [5, 5.41) is 3.22. The lowest BCUT2D eigenvalue weighted by Gasteiger charge is -2.38. The van der Waals surface area contributed by atoms with Crippen molar-refractivity contribution in [3.63, 3.8) is 0 Å². The lowest BCUT2D eigenvalue weighted by molar-refractivity contribution is -0.132. The van der Waals surface area contributed by atoms with E-state index in [-0.39, 0.29) is 11.3 Å². The molecule has 1 aromatic heterocycles. The molecule has 122 valence electrons. The van der Waals surface area contributed by atoms with Gasteiger partial charge in [-0.2, -0.15) is 0 Å². The van der Waals surface area contributed by atoms with Crippen LogP contribution in [0.5, 0.6) is 5.75 Å². The van der Waals surface area contributed by atoms with E-state index in [4.69, 9.17) is 4.74 Å². The molecule has 0 atom stereocenters. The Morgan fingerprint density at radius 1 is 1.30 bits per heavy atom. The summed E-state index contributed by atoms with van der Waals surface area (Å²) in [7, 11) is 1.65. The third-order valence-corrected chi connectivity index (χ3v) is 5.76. The zero-order valence-electron chi connectivity index (χ0n) is 13.6. The molecular weight excluding hydrogens is 308 g/mol. The maximum absolute atomic E-state index is 12.5. The molecule has 1 aromatic carbocycles. The van der Waals surface area contributed by atoms with E-state index < -0.39 is 0 Å². The third-order valence-electron chi connectivity index (χ3n) is 4.68. The SMILES string of the molecule is COc1ccc(CC(=O)N2CCC(C)(c3nccs3)CC2)cc1. The molecule has 1 saturated heterocycles. The van der Waals surface area contributed by atoms with Crippen molar-refractivity contribution in [3.8, 4) is 5.75 Å². The Bertz CT molecular complexity index is 644. The summed E-state index contributed by atoms with van der Waals surface area (Å²) in [4.78, 5) is 19.0. The summed E-state index contributed by atoms with van der Waals surface area (Å²) < 4.78 is 5.15. The first-order chi connectivity index (χ1) is 11.1. The highest BCUT2D eigenvalue weighted by molar-refractivity contribution is 7.09. The molecule has 5 heteroatoms. The molecular formula is C18H22N2O2S. The second-order valence-corrected chi connectivity index (χ2v) is 7.20. The van der Waals surface area contributed by atoms with Gasteiger partial charge in [-0.05, 0) is 30.5 Å². The summed E-state index contributed by atoms with van der Waals surface area (Å²) in [6.07, 6.45) is 4.29. The van der Waals surface area contributed by atoms with Crippen LogP contribution in [0, 0.1) is 0 Å². The van der Waals surface area contributed by atoms with Crippen LogP contribution in [-0.4, -0.2) is 36.0 Å². The number of rotatable bonds is 4. The minimum Gasteiger partial charge on any atom is -0.497 e. The Hall–Kier alpha value is -1.88. The van der Waals surface area contributed by atoms with Crippen LogP contribution < -0.4 is 4.74 Å². The van der Waals surface area contributed by atoms with Gasteiger partial charge in [0.15, 0.2) is 0 Å². The average molecular weight is 330 g/mol.